The molecule has 4 rings (SSSR count). The molecule has 2 aliphatic rings. The summed E-state index contributed by atoms with van der Waals surface area (Å²) in [6.45, 7) is 5.43. The fourth-order valence-electron chi connectivity index (χ4n) is 4.04. The minimum absolute atomic E-state index is 0.228. The minimum atomic E-state index is 0.228. The highest BCUT2D eigenvalue weighted by Gasteiger charge is 2.22. The number of anilines is 2. The summed E-state index contributed by atoms with van der Waals surface area (Å²) in [4.78, 5) is 23.0. The lowest BCUT2D eigenvalue weighted by molar-refractivity contribution is -0.117. The summed E-state index contributed by atoms with van der Waals surface area (Å²) in [6.07, 6.45) is 1.62. The molecule has 0 aromatic heterocycles. The van der Waals surface area contributed by atoms with Gasteiger partial charge in [0.2, 0.25) is 5.91 Å². The van der Waals surface area contributed by atoms with Gasteiger partial charge in [0.1, 0.15) is 0 Å². The molecule has 6 heteroatoms. The second-order valence-corrected chi connectivity index (χ2v) is 7.53. The molecule has 1 amide bonds. The van der Waals surface area contributed by atoms with E-state index < -0.39 is 0 Å². The molecule has 29 heavy (non-hydrogen) atoms. The molecule has 2 aliphatic heterocycles. The van der Waals surface area contributed by atoms with Crippen LogP contribution in [-0.4, -0.2) is 56.5 Å². The van der Waals surface area contributed by atoms with Crippen LogP contribution in [0.1, 0.15) is 18.4 Å². The Labute approximate surface area is 172 Å². The molecule has 0 unspecified atom stereocenters. The van der Waals surface area contributed by atoms with Crippen molar-refractivity contribution in [3.05, 3.63) is 60.2 Å². The van der Waals surface area contributed by atoms with E-state index in [9.17, 15) is 4.79 Å². The van der Waals surface area contributed by atoms with E-state index in [4.69, 9.17) is 0 Å². The van der Waals surface area contributed by atoms with Crippen LogP contribution in [0.4, 0.5) is 11.4 Å². The van der Waals surface area contributed by atoms with E-state index in [1.54, 1.807) is 0 Å². The van der Waals surface area contributed by atoms with Gasteiger partial charge in [0.05, 0.1) is 0 Å². The predicted molar refractivity (Wildman–Crippen MR) is 118 cm³/mol. The molecule has 1 N–H and O–H groups in total. The van der Waals surface area contributed by atoms with Crippen molar-refractivity contribution in [1.29, 1.82) is 0 Å². The first kappa shape index (κ1) is 19.3. The maximum atomic E-state index is 11.9. The summed E-state index contributed by atoms with van der Waals surface area (Å²) < 4.78 is 0. The number of para-hydroxylation sites is 1. The summed E-state index contributed by atoms with van der Waals surface area (Å²) in [5.74, 6) is 1.17. The zero-order valence-electron chi connectivity index (χ0n) is 17.1. The molecule has 6 nitrogen and oxygen atoms in total. The van der Waals surface area contributed by atoms with Crippen molar-refractivity contribution in [3.8, 4) is 0 Å². The van der Waals surface area contributed by atoms with Crippen LogP contribution in [0.3, 0.4) is 0 Å². The fraction of sp³-hybridized carbons (Fsp3) is 0.391. The van der Waals surface area contributed by atoms with Gasteiger partial charge in [0.15, 0.2) is 5.96 Å². The summed E-state index contributed by atoms with van der Waals surface area (Å²) in [6, 6.07) is 18.8. The molecule has 2 aromatic rings. The van der Waals surface area contributed by atoms with Crippen LogP contribution in [0.25, 0.3) is 0 Å². The van der Waals surface area contributed by atoms with Gasteiger partial charge >= 0.3 is 0 Å². The first-order valence-corrected chi connectivity index (χ1v) is 10.4. The van der Waals surface area contributed by atoms with Crippen molar-refractivity contribution < 1.29 is 4.79 Å². The number of hydrogen-bond acceptors (Lipinski definition) is 3. The zero-order valence-corrected chi connectivity index (χ0v) is 17.1. The first-order valence-electron chi connectivity index (χ1n) is 10.4. The van der Waals surface area contributed by atoms with E-state index in [2.05, 4.69) is 62.6 Å². The molecular weight excluding hydrogens is 362 g/mol. The third-order valence-electron chi connectivity index (χ3n) is 5.68. The molecule has 2 heterocycles. The molecule has 2 aromatic carbocycles. The number of guanidine groups is 1. The van der Waals surface area contributed by atoms with E-state index in [0.29, 0.717) is 6.42 Å². The average molecular weight is 392 g/mol. The predicted octanol–water partition coefficient (Wildman–Crippen LogP) is 2.71. The topological polar surface area (TPSA) is 51.2 Å². The lowest BCUT2D eigenvalue weighted by Gasteiger charge is -2.37. The number of benzene rings is 2. The number of hydrogen-bond donors (Lipinski definition) is 1. The average Bonchev–Trinajstić information content (AvgIpc) is 3.21. The number of rotatable bonds is 4. The van der Waals surface area contributed by atoms with Crippen molar-refractivity contribution in [2.24, 2.45) is 4.99 Å². The van der Waals surface area contributed by atoms with Crippen LogP contribution >= 0.6 is 0 Å². The number of carbonyl (C=O) groups is 1. The minimum Gasteiger partial charge on any atom is -0.368 e. The summed E-state index contributed by atoms with van der Waals surface area (Å²) in [5, 5.41) is 3.48. The highest BCUT2D eigenvalue weighted by molar-refractivity contribution is 5.95. The number of carbonyl (C=O) groups excluding carboxylic acids is 1. The Hall–Kier alpha value is -3.02. The van der Waals surface area contributed by atoms with Crippen LogP contribution < -0.4 is 15.1 Å². The second-order valence-electron chi connectivity index (χ2n) is 7.53. The van der Waals surface area contributed by atoms with Gasteiger partial charge in [-0.15, -0.1) is 0 Å². The highest BCUT2D eigenvalue weighted by Crippen LogP contribution is 2.21. The molecule has 0 atom stereocenters. The Morgan fingerprint density at radius 1 is 0.931 bits per heavy atom. The van der Waals surface area contributed by atoms with Gasteiger partial charge in [0.25, 0.3) is 0 Å². The van der Waals surface area contributed by atoms with E-state index in [1.807, 2.05) is 24.1 Å². The van der Waals surface area contributed by atoms with Crippen molar-refractivity contribution in [2.45, 2.75) is 19.4 Å². The van der Waals surface area contributed by atoms with E-state index in [1.165, 1.54) is 11.3 Å². The van der Waals surface area contributed by atoms with Gasteiger partial charge in [-0.05, 0) is 36.2 Å². The van der Waals surface area contributed by atoms with Gasteiger partial charge in [-0.1, -0.05) is 30.3 Å². The quantitative estimate of drug-likeness (QED) is 0.643. The third kappa shape index (κ3) is 4.53. The number of piperazine rings is 1. The molecule has 0 radical (unpaired) electrons. The van der Waals surface area contributed by atoms with Crippen molar-refractivity contribution in [1.82, 2.24) is 10.2 Å². The smallest absolute Gasteiger partial charge is 0.227 e. The van der Waals surface area contributed by atoms with Crippen molar-refractivity contribution in [2.75, 3.05) is 49.6 Å². The lowest BCUT2D eigenvalue weighted by Crippen LogP contribution is -2.52. The highest BCUT2D eigenvalue weighted by atomic mass is 16.2. The zero-order chi connectivity index (χ0) is 20.1. The van der Waals surface area contributed by atoms with E-state index in [-0.39, 0.29) is 5.91 Å². The van der Waals surface area contributed by atoms with Crippen LogP contribution in [0, 0.1) is 0 Å². The lowest BCUT2D eigenvalue weighted by atomic mass is 10.2. The van der Waals surface area contributed by atoms with Crippen LogP contribution in [0.2, 0.25) is 0 Å². The van der Waals surface area contributed by atoms with Crippen LogP contribution in [-0.2, 0) is 11.3 Å². The summed E-state index contributed by atoms with van der Waals surface area (Å²) in [7, 11) is 1.84. The largest absolute Gasteiger partial charge is 0.368 e. The van der Waals surface area contributed by atoms with Gasteiger partial charge in [-0.25, -0.2) is 0 Å². The molecule has 2 saturated heterocycles. The van der Waals surface area contributed by atoms with Crippen molar-refractivity contribution >= 4 is 23.2 Å². The Morgan fingerprint density at radius 2 is 1.66 bits per heavy atom. The van der Waals surface area contributed by atoms with Gasteiger partial charge < -0.3 is 20.0 Å². The number of nitrogens with one attached hydrogen (secondary N) is 1. The fourth-order valence-corrected chi connectivity index (χ4v) is 4.04. The first-order chi connectivity index (χ1) is 14.2. The Bertz CT molecular complexity index is 841. The molecule has 0 spiro atoms. The number of amides is 1. The third-order valence-corrected chi connectivity index (χ3v) is 5.68. The van der Waals surface area contributed by atoms with E-state index in [0.717, 1.165) is 57.3 Å². The molecule has 2 fully saturated rings. The molecule has 0 aliphatic carbocycles. The molecule has 0 saturated carbocycles. The normalized spacial score (nSPS) is 17.8. The Morgan fingerprint density at radius 3 is 2.28 bits per heavy atom. The maximum absolute atomic E-state index is 11.9. The maximum Gasteiger partial charge on any atom is 0.227 e. The Balaban J connectivity index is 1.29. The standard InChI is InChI=1S/C23H29N5O/c1-24-23(27-16-14-26(15-17-27)20-6-3-2-4-7-20)25-18-19-9-11-21(12-10-19)28-13-5-8-22(28)29/h2-4,6-7,9-12H,5,8,13-18H2,1H3,(H,24,25). The number of nitrogens with zero attached hydrogens (tertiary/aromatic N) is 4. The van der Waals surface area contributed by atoms with Gasteiger partial charge in [-0.3, -0.25) is 9.79 Å². The Kier molecular flexibility index (Phi) is 5.98. The van der Waals surface area contributed by atoms with Gasteiger partial charge in [-0.2, -0.15) is 0 Å². The van der Waals surface area contributed by atoms with Gasteiger partial charge in [0, 0.05) is 64.1 Å². The SMILES string of the molecule is CN=C(NCc1ccc(N2CCCC2=O)cc1)N1CCN(c2ccccc2)CC1. The second kappa shape index (κ2) is 8.99. The molecular formula is C23H29N5O. The summed E-state index contributed by atoms with van der Waals surface area (Å²) >= 11 is 0. The summed E-state index contributed by atoms with van der Waals surface area (Å²) in [5.41, 5.74) is 3.47. The monoisotopic (exact) mass is 391 g/mol. The van der Waals surface area contributed by atoms with E-state index >= 15 is 0 Å². The van der Waals surface area contributed by atoms with Crippen LogP contribution in [0.15, 0.2) is 59.6 Å². The van der Waals surface area contributed by atoms with Crippen molar-refractivity contribution in [3.63, 3.8) is 0 Å². The van der Waals surface area contributed by atoms with Crippen LogP contribution in [0.5, 0.6) is 0 Å². The molecule has 152 valence electrons. The molecule has 0 bridgehead atoms. The number of aliphatic imine (C=N–C) groups is 1.